The number of aliphatic hydroxyl groups is 1. The van der Waals surface area contributed by atoms with Crippen molar-refractivity contribution in [3.05, 3.63) is 46.2 Å². The first-order valence-corrected chi connectivity index (χ1v) is 9.50. The molecule has 3 heterocycles. The van der Waals surface area contributed by atoms with Gasteiger partial charge < -0.3 is 25.0 Å². The van der Waals surface area contributed by atoms with Crippen molar-refractivity contribution in [1.29, 1.82) is 0 Å². The first-order chi connectivity index (χ1) is 13.8. The van der Waals surface area contributed by atoms with Gasteiger partial charge in [-0.05, 0) is 12.0 Å². The summed E-state index contributed by atoms with van der Waals surface area (Å²) in [5, 5.41) is 12.4. The Labute approximate surface area is 162 Å². The molecule has 9 heteroatoms. The first kappa shape index (κ1) is 18.5. The van der Waals surface area contributed by atoms with Gasteiger partial charge in [0.15, 0.2) is 11.2 Å². The summed E-state index contributed by atoms with van der Waals surface area (Å²) in [5.74, 6) is 0.648. The van der Waals surface area contributed by atoms with Gasteiger partial charge in [0.05, 0.1) is 6.61 Å². The van der Waals surface area contributed by atoms with Crippen molar-refractivity contribution in [3.8, 4) is 6.01 Å². The lowest BCUT2D eigenvalue weighted by Crippen LogP contribution is -2.44. The molecule has 0 spiro atoms. The van der Waals surface area contributed by atoms with Gasteiger partial charge in [-0.3, -0.25) is 9.36 Å². The van der Waals surface area contributed by atoms with E-state index in [0.29, 0.717) is 30.1 Å². The van der Waals surface area contributed by atoms with Crippen LogP contribution in [0.15, 0.2) is 35.1 Å². The fraction of sp³-hybridized carbons (Fsp3) is 0.421. The van der Waals surface area contributed by atoms with Crippen LogP contribution in [0, 0.1) is 0 Å². The largest absolute Gasteiger partial charge is 0.462 e. The average Bonchev–Trinajstić information content (AvgIpc) is 3.17. The number of aromatic nitrogens is 4. The summed E-state index contributed by atoms with van der Waals surface area (Å²) in [6.45, 7) is 3.71. The van der Waals surface area contributed by atoms with Crippen LogP contribution in [-0.4, -0.2) is 64.0 Å². The lowest BCUT2D eigenvalue weighted by atomic mass is 10.1. The second kappa shape index (κ2) is 8.41. The van der Waals surface area contributed by atoms with Gasteiger partial charge in [0.1, 0.15) is 6.61 Å². The predicted molar refractivity (Wildman–Crippen MR) is 106 cm³/mol. The molecule has 0 bridgehead atoms. The van der Waals surface area contributed by atoms with Gasteiger partial charge >= 0.3 is 6.01 Å². The average molecular weight is 384 g/mol. The normalized spacial score (nSPS) is 14.5. The van der Waals surface area contributed by atoms with Gasteiger partial charge in [-0.15, -0.1) is 0 Å². The highest BCUT2D eigenvalue weighted by Gasteiger charge is 2.19. The van der Waals surface area contributed by atoms with E-state index in [0.717, 1.165) is 31.7 Å². The number of fused-ring (bicyclic) bond motifs is 1. The number of hydrogen-bond acceptors (Lipinski definition) is 7. The Bertz CT molecular complexity index is 978. The van der Waals surface area contributed by atoms with Gasteiger partial charge in [0.25, 0.3) is 5.56 Å². The number of piperazine rings is 1. The van der Waals surface area contributed by atoms with Crippen molar-refractivity contribution >= 4 is 17.1 Å². The SMILES string of the molecule is O=c1c2[nH]c(N3CCNCC3)nc2nc(OCCO)n1CCc1ccccc1. The molecule has 0 radical (unpaired) electrons. The minimum atomic E-state index is -0.220. The topological polar surface area (TPSA) is 108 Å². The predicted octanol–water partition coefficient (Wildman–Crippen LogP) is 0.143. The van der Waals surface area contributed by atoms with E-state index in [2.05, 4.69) is 25.2 Å². The first-order valence-electron chi connectivity index (χ1n) is 9.50. The molecule has 1 aliphatic rings. The minimum Gasteiger partial charge on any atom is -0.462 e. The molecule has 0 amide bonds. The zero-order valence-electron chi connectivity index (χ0n) is 15.6. The molecule has 28 heavy (non-hydrogen) atoms. The molecule has 0 aliphatic carbocycles. The monoisotopic (exact) mass is 384 g/mol. The maximum absolute atomic E-state index is 13.1. The van der Waals surface area contributed by atoms with Gasteiger partial charge in [0.2, 0.25) is 5.95 Å². The molecule has 0 unspecified atom stereocenters. The summed E-state index contributed by atoms with van der Waals surface area (Å²) < 4.78 is 7.05. The number of nitrogens with one attached hydrogen (secondary N) is 2. The Morgan fingerprint density at radius 2 is 1.93 bits per heavy atom. The lowest BCUT2D eigenvalue weighted by molar-refractivity contribution is 0.184. The Morgan fingerprint density at radius 1 is 1.14 bits per heavy atom. The van der Waals surface area contributed by atoms with Crippen LogP contribution in [0.5, 0.6) is 6.01 Å². The van der Waals surface area contributed by atoms with Crippen molar-refractivity contribution in [1.82, 2.24) is 24.8 Å². The number of hydrogen-bond donors (Lipinski definition) is 3. The van der Waals surface area contributed by atoms with Crippen LogP contribution >= 0.6 is 0 Å². The molecule has 1 saturated heterocycles. The molecule has 1 aliphatic heterocycles. The molecule has 9 nitrogen and oxygen atoms in total. The highest BCUT2D eigenvalue weighted by molar-refractivity contribution is 5.73. The van der Waals surface area contributed by atoms with Crippen molar-refractivity contribution in [3.63, 3.8) is 0 Å². The van der Waals surface area contributed by atoms with E-state index in [9.17, 15) is 4.79 Å². The molecular weight excluding hydrogens is 360 g/mol. The standard InChI is InChI=1S/C19H24N6O3/c26-12-13-28-19-23-16-15(21-18(22-16)24-10-7-20-8-11-24)17(27)25(19)9-6-14-4-2-1-3-5-14/h1-5,20,26H,6-13H2,(H,21,22). The van der Waals surface area contributed by atoms with Crippen molar-refractivity contribution in [2.24, 2.45) is 0 Å². The number of nitrogens with zero attached hydrogens (tertiary/aromatic N) is 4. The van der Waals surface area contributed by atoms with Crippen molar-refractivity contribution in [2.75, 3.05) is 44.3 Å². The highest BCUT2D eigenvalue weighted by Crippen LogP contribution is 2.17. The van der Waals surface area contributed by atoms with E-state index in [1.807, 2.05) is 30.3 Å². The maximum atomic E-state index is 13.1. The molecule has 148 valence electrons. The summed E-state index contributed by atoms with van der Waals surface area (Å²) in [4.78, 5) is 27.3. The van der Waals surface area contributed by atoms with Gasteiger partial charge in [0, 0.05) is 32.7 Å². The molecule has 3 N–H and O–H groups in total. The lowest BCUT2D eigenvalue weighted by Gasteiger charge is -2.26. The van der Waals surface area contributed by atoms with Crippen LogP contribution in [-0.2, 0) is 13.0 Å². The zero-order chi connectivity index (χ0) is 19.3. The molecule has 1 aromatic carbocycles. The molecule has 0 atom stereocenters. The Balaban J connectivity index is 1.68. The number of ether oxygens (including phenoxy) is 1. The molecule has 4 rings (SSSR count). The van der Waals surface area contributed by atoms with E-state index >= 15 is 0 Å². The second-order valence-corrected chi connectivity index (χ2v) is 6.65. The fourth-order valence-corrected chi connectivity index (χ4v) is 3.31. The summed E-state index contributed by atoms with van der Waals surface area (Å²) in [6.07, 6.45) is 0.669. The highest BCUT2D eigenvalue weighted by atomic mass is 16.5. The van der Waals surface area contributed by atoms with Crippen LogP contribution in [0.1, 0.15) is 5.56 Å². The Morgan fingerprint density at radius 3 is 2.68 bits per heavy atom. The number of aliphatic hydroxyl groups excluding tert-OH is 1. The number of benzene rings is 1. The number of imidazole rings is 1. The second-order valence-electron chi connectivity index (χ2n) is 6.65. The van der Waals surface area contributed by atoms with E-state index in [1.54, 1.807) is 0 Å². The van der Waals surface area contributed by atoms with E-state index in [4.69, 9.17) is 9.84 Å². The van der Waals surface area contributed by atoms with Gasteiger partial charge in [-0.25, -0.2) is 0 Å². The molecule has 3 aromatic rings. The minimum absolute atomic E-state index is 0.0678. The number of anilines is 1. The zero-order valence-corrected chi connectivity index (χ0v) is 15.6. The third-order valence-corrected chi connectivity index (χ3v) is 4.77. The summed E-state index contributed by atoms with van der Waals surface area (Å²) >= 11 is 0. The third-order valence-electron chi connectivity index (χ3n) is 4.77. The van der Waals surface area contributed by atoms with Crippen molar-refractivity contribution in [2.45, 2.75) is 13.0 Å². The quantitative estimate of drug-likeness (QED) is 0.532. The molecule has 1 fully saturated rings. The van der Waals surface area contributed by atoms with E-state index in [1.165, 1.54) is 4.57 Å². The Kier molecular flexibility index (Phi) is 5.54. The smallest absolute Gasteiger partial charge is 0.301 e. The summed E-state index contributed by atoms with van der Waals surface area (Å²) in [5.41, 5.74) is 1.61. The van der Waals surface area contributed by atoms with E-state index < -0.39 is 0 Å². The maximum Gasteiger partial charge on any atom is 0.301 e. The fourth-order valence-electron chi connectivity index (χ4n) is 3.31. The van der Waals surface area contributed by atoms with Gasteiger partial charge in [-0.2, -0.15) is 9.97 Å². The number of aromatic amines is 1. The third kappa shape index (κ3) is 3.85. The van der Waals surface area contributed by atoms with Crippen LogP contribution in [0.4, 0.5) is 5.95 Å². The summed E-state index contributed by atoms with van der Waals surface area (Å²) in [6, 6.07) is 10.1. The van der Waals surface area contributed by atoms with Crippen LogP contribution < -0.4 is 20.5 Å². The van der Waals surface area contributed by atoms with Crippen LogP contribution in [0.25, 0.3) is 11.2 Å². The van der Waals surface area contributed by atoms with Crippen LogP contribution in [0.2, 0.25) is 0 Å². The number of H-pyrrole nitrogens is 1. The van der Waals surface area contributed by atoms with Gasteiger partial charge in [-0.1, -0.05) is 30.3 Å². The Hall–Kier alpha value is -2.91. The summed E-state index contributed by atoms with van der Waals surface area (Å²) in [7, 11) is 0. The molecule has 2 aromatic heterocycles. The number of aryl methyl sites for hydroxylation is 1. The molecular formula is C19H24N6O3. The van der Waals surface area contributed by atoms with E-state index in [-0.39, 0.29) is 24.8 Å². The molecule has 0 saturated carbocycles. The van der Waals surface area contributed by atoms with Crippen molar-refractivity contribution < 1.29 is 9.84 Å². The van der Waals surface area contributed by atoms with Crippen LogP contribution in [0.3, 0.4) is 0 Å². The number of rotatable bonds is 7.